The van der Waals surface area contributed by atoms with Gasteiger partial charge in [0.15, 0.2) is 6.04 Å². The van der Waals surface area contributed by atoms with Gasteiger partial charge in [0.25, 0.3) is 0 Å². The first-order valence-corrected chi connectivity index (χ1v) is 11.3. The van der Waals surface area contributed by atoms with Crippen LogP contribution in [-0.2, 0) is 29.1 Å². The Kier molecular flexibility index (Phi) is 8.88. The summed E-state index contributed by atoms with van der Waals surface area (Å²) >= 11 is 0. The van der Waals surface area contributed by atoms with Gasteiger partial charge in [-0.2, -0.15) is 0 Å². The summed E-state index contributed by atoms with van der Waals surface area (Å²) in [6, 6.07) is 12.2. The van der Waals surface area contributed by atoms with E-state index in [0.717, 1.165) is 0 Å². The van der Waals surface area contributed by atoms with Crippen molar-refractivity contribution in [2.75, 3.05) is 11.9 Å². The van der Waals surface area contributed by atoms with E-state index >= 15 is 0 Å². The summed E-state index contributed by atoms with van der Waals surface area (Å²) in [7, 11) is -3.84. The highest BCUT2D eigenvalue weighted by atomic mass is 32.2. The number of carbonyl (C=O) groups is 3. The molecule has 0 heterocycles. The number of primary sulfonamides is 1. The maximum Gasteiger partial charge on any atom is 0.331 e. The number of carbonyl (C=O) groups excluding carboxylic acids is 3. The van der Waals surface area contributed by atoms with Crippen molar-refractivity contribution in [3.8, 4) is 0 Å². The monoisotopic (exact) mass is 463 g/mol. The molecule has 0 spiro atoms. The molecule has 172 valence electrons. The summed E-state index contributed by atoms with van der Waals surface area (Å²) < 4.78 is 27.5. The zero-order valence-electron chi connectivity index (χ0n) is 17.4. The molecule has 2 aromatic rings. The van der Waals surface area contributed by atoms with Gasteiger partial charge in [-0.15, -0.1) is 0 Å². The highest BCUT2D eigenvalue weighted by Crippen LogP contribution is 2.18. The topological polar surface area (TPSA) is 165 Å². The van der Waals surface area contributed by atoms with Crippen LogP contribution in [0.25, 0.3) is 0 Å². The Hall–Kier alpha value is -3.28. The van der Waals surface area contributed by atoms with Crippen molar-refractivity contribution in [3.05, 3.63) is 60.2 Å². The van der Waals surface area contributed by atoms with E-state index < -0.39 is 40.0 Å². The molecule has 10 nitrogen and oxygen atoms in total. The second-order valence-electron chi connectivity index (χ2n) is 6.77. The number of nitrogens with one attached hydrogen (secondary N) is 2. The van der Waals surface area contributed by atoms with Crippen molar-refractivity contribution in [1.29, 1.82) is 0 Å². The molecule has 11 heteroatoms. The molecule has 32 heavy (non-hydrogen) atoms. The highest BCUT2D eigenvalue weighted by Gasteiger charge is 2.31. The van der Waals surface area contributed by atoms with Crippen LogP contribution < -0.4 is 15.8 Å². The Balaban J connectivity index is 1.94. The van der Waals surface area contributed by atoms with Crippen LogP contribution in [0, 0.1) is 0 Å². The number of benzene rings is 2. The number of rotatable bonds is 10. The summed E-state index contributed by atoms with van der Waals surface area (Å²) in [5.41, 5.74) is 0.748. The first-order chi connectivity index (χ1) is 15.1. The summed E-state index contributed by atoms with van der Waals surface area (Å²) in [6.07, 6.45) is -1.79. The molecule has 0 aromatic heterocycles. The van der Waals surface area contributed by atoms with Gasteiger partial charge in [0.2, 0.25) is 21.8 Å². The summed E-state index contributed by atoms with van der Waals surface area (Å²) in [6.45, 7) is 1.67. The van der Waals surface area contributed by atoms with Gasteiger partial charge in [-0.3, -0.25) is 9.59 Å². The number of nitrogens with two attached hydrogens (primary N) is 1. The van der Waals surface area contributed by atoms with Crippen LogP contribution in [-0.4, -0.2) is 44.0 Å². The second-order valence-corrected chi connectivity index (χ2v) is 8.33. The van der Waals surface area contributed by atoms with Gasteiger partial charge in [-0.05, 0) is 36.8 Å². The van der Waals surface area contributed by atoms with E-state index in [9.17, 15) is 27.9 Å². The Morgan fingerprint density at radius 3 is 2.16 bits per heavy atom. The van der Waals surface area contributed by atoms with E-state index in [0.29, 0.717) is 11.3 Å². The predicted octanol–water partition coefficient (Wildman–Crippen LogP) is 0.834. The molecule has 0 aliphatic carbocycles. The van der Waals surface area contributed by atoms with Crippen molar-refractivity contribution in [3.63, 3.8) is 0 Å². The second kappa shape index (κ2) is 11.4. The summed E-state index contributed by atoms with van der Waals surface area (Å²) in [5.74, 6) is -1.92. The number of esters is 1. The number of aliphatic hydroxyl groups is 1. The molecule has 2 rings (SSSR count). The standard InChI is InChI=1S/C21H25N3O7S/c1-2-31-21(28)19(20(27)14-6-4-3-5-7-14)24-18(26)13-12-17(25)23-15-8-10-16(11-9-15)32(22,29)30/h3-11,19-20,27H,2,12-13H2,1H3,(H,23,25)(H,24,26)(H2,22,29,30)/t19-,20+/m0/s1. The van der Waals surface area contributed by atoms with Crippen LogP contribution in [0.3, 0.4) is 0 Å². The first kappa shape index (κ1) is 25.0. The fraction of sp³-hybridized carbons (Fsp3) is 0.286. The van der Waals surface area contributed by atoms with Gasteiger partial charge < -0.3 is 20.5 Å². The predicted molar refractivity (Wildman–Crippen MR) is 116 cm³/mol. The number of aliphatic hydroxyl groups excluding tert-OH is 1. The smallest absolute Gasteiger partial charge is 0.331 e. The van der Waals surface area contributed by atoms with Crippen LogP contribution in [0.2, 0.25) is 0 Å². The zero-order chi connectivity index (χ0) is 23.7. The molecule has 5 N–H and O–H groups in total. The number of ether oxygens (including phenoxy) is 1. The van der Waals surface area contributed by atoms with E-state index in [1.54, 1.807) is 37.3 Å². The van der Waals surface area contributed by atoms with Crippen LogP contribution in [0.5, 0.6) is 0 Å². The molecular formula is C21H25N3O7S. The summed E-state index contributed by atoms with van der Waals surface area (Å²) in [4.78, 5) is 36.6. The van der Waals surface area contributed by atoms with Crippen molar-refractivity contribution in [2.45, 2.75) is 36.8 Å². The van der Waals surface area contributed by atoms with Crippen molar-refractivity contribution in [1.82, 2.24) is 5.32 Å². The van der Waals surface area contributed by atoms with Gasteiger partial charge >= 0.3 is 5.97 Å². The van der Waals surface area contributed by atoms with Crippen LogP contribution in [0.4, 0.5) is 5.69 Å². The van der Waals surface area contributed by atoms with Gasteiger partial charge in [0.1, 0.15) is 6.10 Å². The molecule has 2 atom stereocenters. The maximum atomic E-state index is 12.3. The molecule has 0 saturated heterocycles. The highest BCUT2D eigenvalue weighted by molar-refractivity contribution is 7.89. The molecule has 0 unspecified atom stereocenters. The number of sulfonamides is 1. The molecule has 0 aliphatic heterocycles. The SMILES string of the molecule is CCOC(=O)[C@@H](NC(=O)CCC(=O)Nc1ccc(S(N)(=O)=O)cc1)[C@H](O)c1ccccc1. The number of hydrogen-bond acceptors (Lipinski definition) is 7. The molecule has 0 aliphatic rings. The lowest BCUT2D eigenvalue weighted by atomic mass is 10.0. The number of amides is 2. The number of anilines is 1. The minimum absolute atomic E-state index is 0.0688. The van der Waals surface area contributed by atoms with Crippen molar-refractivity contribution >= 4 is 33.5 Å². The fourth-order valence-corrected chi connectivity index (χ4v) is 3.28. The van der Waals surface area contributed by atoms with Crippen molar-refractivity contribution in [2.24, 2.45) is 5.14 Å². The maximum absolute atomic E-state index is 12.3. The molecule has 0 saturated carbocycles. The lowest BCUT2D eigenvalue weighted by molar-refractivity contribution is -0.151. The third-order valence-electron chi connectivity index (χ3n) is 4.36. The third kappa shape index (κ3) is 7.45. The molecule has 2 amide bonds. The lowest BCUT2D eigenvalue weighted by Crippen LogP contribution is -2.46. The lowest BCUT2D eigenvalue weighted by Gasteiger charge is -2.22. The van der Waals surface area contributed by atoms with E-state index in [2.05, 4.69) is 10.6 Å². The molecule has 0 bridgehead atoms. The average Bonchev–Trinajstić information content (AvgIpc) is 2.76. The van der Waals surface area contributed by atoms with Gasteiger partial charge in [-0.1, -0.05) is 30.3 Å². The Morgan fingerprint density at radius 1 is 1.00 bits per heavy atom. The Labute approximate surface area is 185 Å². The van der Waals surface area contributed by atoms with Crippen LogP contribution in [0.15, 0.2) is 59.5 Å². The van der Waals surface area contributed by atoms with Gasteiger partial charge in [0, 0.05) is 18.5 Å². The average molecular weight is 464 g/mol. The fourth-order valence-electron chi connectivity index (χ4n) is 2.77. The minimum atomic E-state index is -3.84. The summed E-state index contributed by atoms with van der Waals surface area (Å²) in [5, 5.41) is 20.5. The first-order valence-electron chi connectivity index (χ1n) is 9.73. The molecule has 0 fully saturated rings. The van der Waals surface area contributed by atoms with Crippen LogP contribution in [0.1, 0.15) is 31.4 Å². The molecule has 0 radical (unpaired) electrons. The Bertz CT molecular complexity index is 1040. The minimum Gasteiger partial charge on any atom is -0.464 e. The van der Waals surface area contributed by atoms with E-state index in [1.165, 1.54) is 24.3 Å². The van der Waals surface area contributed by atoms with E-state index in [-0.39, 0.29) is 24.3 Å². The van der Waals surface area contributed by atoms with Gasteiger partial charge in [0.05, 0.1) is 11.5 Å². The van der Waals surface area contributed by atoms with Gasteiger partial charge in [-0.25, -0.2) is 18.4 Å². The molecular weight excluding hydrogens is 438 g/mol. The van der Waals surface area contributed by atoms with Crippen LogP contribution >= 0.6 is 0 Å². The quantitative estimate of drug-likeness (QED) is 0.379. The molecule has 2 aromatic carbocycles. The van der Waals surface area contributed by atoms with E-state index in [4.69, 9.17) is 9.88 Å². The zero-order valence-corrected chi connectivity index (χ0v) is 18.2. The largest absolute Gasteiger partial charge is 0.464 e. The van der Waals surface area contributed by atoms with Crippen molar-refractivity contribution < 1.29 is 32.6 Å². The normalized spacial score (nSPS) is 13.0. The number of hydrogen-bond donors (Lipinski definition) is 4. The Morgan fingerprint density at radius 2 is 1.59 bits per heavy atom. The third-order valence-corrected chi connectivity index (χ3v) is 5.29. The van der Waals surface area contributed by atoms with E-state index in [1.807, 2.05) is 0 Å².